The summed E-state index contributed by atoms with van der Waals surface area (Å²) in [6.45, 7) is 4.50. The van der Waals surface area contributed by atoms with E-state index in [4.69, 9.17) is 4.74 Å². The fraction of sp³-hybridized carbons (Fsp3) is 0.407. The molecule has 3 aromatic heterocycles. The molecule has 15 heteroatoms. The zero-order valence-corrected chi connectivity index (χ0v) is 24.6. The minimum absolute atomic E-state index is 0.00268. The number of ether oxygens (including phenoxy) is 1. The maximum atomic E-state index is 13.6. The van der Waals surface area contributed by atoms with Crippen molar-refractivity contribution in [3.63, 3.8) is 0 Å². The number of morpholine rings is 1. The van der Waals surface area contributed by atoms with Crippen LogP contribution in [-0.4, -0.2) is 80.9 Å². The van der Waals surface area contributed by atoms with Gasteiger partial charge in [-0.3, -0.25) is 13.9 Å². The summed E-state index contributed by atoms with van der Waals surface area (Å²) in [6.07, 6.45) is 3.55. The van der Waals surface area contributed by atoms with Gasteiger partial charge in [0, 0.05) is 37.1 Å². The lowest BCUT2D eigenvalue weighted by Crippen LogP contribution is -2.49. The quantitative estimate of drug-likeness (QED) is 0.348. The molecule has 4 aromatic rings. The lowest BCUT2D eigenvalue weighted by molar-refractivity contribution is -0.143. The molecule has 2 aliphatic heterocycles. The Morgan fingerprint density at radius 3 is 2.57 bits per heavy atom. The number of rotatable bonds is 6. The molecule has 2 unspecified atom stereocenters. The Labute approximate surface area is 244 Å². The summed E-state index contributed by atoms with van der Waals surface area (Å²) >= 11 is 1.21. The number of hydrogen-bond acceptors (Lipinski definition) is 9. The van der Waals surface area contributed by atoms with Crippen LogP contribution in [0.15, 0.2) is 41.5 Å². The van der Waals surface area contributed by atoms with Crippen LogP contribution in [0.2, 0.25) is 0 Å². The molecule has 1 N–H and O–H groups in total. The highest BCUT2D eigenvalue weighted by molar-refractivity contribution is 7.93. The Kier molecular flexibility index (Phi) is 7.27. The van der Waals surface area contributed by atoms with Crippen LogP contribution < -0.4 is 9.86 Å². The van der Waals surface area contributed by atoms with Gasteiger partial charge in [0.15, 0.2) is 5.69 Å². The lowest BCUT2D eigenvalue weighted by atomic mass is 10.1. The van der Waals surface area contributed by atoms with E-state index in [2.05, 4.69) is 9.97 Å². The Hall–Kier alpha value is -3.82. The topological polar surface area (TPSA) is 139 Å². The number of fused-ring (bicyclic) bond motifs is 1. The van der Waals surface area contributed by atoms with Crippen LogP contribution in [-0.2, 0) is 32.5 Å². The number of carbonyl (C=O) groups is 1. The average molecular weight is 617 g/mol. The van der Waals surface area contributed by atoms with Crippen molar-refractivity contribution in [2.45, 2.75) is 45.4 Å². The second kappa shape index (κ2) is 10.8. The smallest absolute Gasteiger partial charge is 0.303 e. The standard InChI is InChI=1S/C27H29FN6O6S2/c1-16-12-31(13-17(2)40-16)22(35)15-32-14-21(33-8-3-9-42(33,38)39)34-26(37)24(36)23(30-27(32)34)25-29-11-20(41-25)10-18-4-6-19(28)7-5-18/h4-7,11,14,16-17,36H,3,8-10,12-13,15H2,1-2H3. The Morgan fingerprint density at radius 2 is 1.90 bits per heavy atom. The maximum absolute atomic E-state index is 13.6. The predicted molar refractivity (Wildman–Crippen MR) is 154 cm³/mol. The molecule has 0 bridgehead atoms. The summed E-state index contributed by atoms with van der Waals surface area (Å²) in [4.78, 5) is 38.4. The Morgan fingerprint density at radius 1 is 1.19 bits per heavy atom. The first-order chi connectivity index (χ1) is 20.0. The molecule has 0 radical (unpaired) electrons. The van der Waals surface area contributed by atoms with Crippen LogP contribution >= 0.6 is 11.3 Å². The first-order valence-electron chi connectivity index (χ1n) is 13.5. The molecule has 2 saturated heterocycles. The molecule has 1 amide bonds. The number of aromatic hydroxyl groups is 1. The third-order valence-electron chi connectivity index (χ3n) is 7.28. The van der Waals surface area contributed by atoms with Crippen molar-refractivity contribution < 1.29 is 27.4 Å². The van der Waals surface area contributed by atoms with Crippen molar-refractivity contribution in [2.24, 2.45) is 0 Å². The molecular weight excluding hydrogens is 587 g/mol. The minimum atomic E-state index is -3.70. The van der Waals surface area contributed by atoms with Gasteiger partial charge in [-0.15, -0.1) is 11.3 Å². The number of halogens is 1. The summed E-state index contributed by atoms with van der Waals surface area (Å²) in [7, 11) is -3.70. The van der Waals surface area contributed by atoms with Crippen LogP contribution in [0.3, 0.4) is 0 Å². The van der Waals surface area contributed by atoms with Crippen molar-refractivity contribution >= 4 is 38.9 Å². The van der Waals surface area contributed by atoms with Gasteiger partial charge in [-0.2, -0.15) is 0 Å². The minimum Gasteiger partial charge on any atom is -0.501 e. The third kappa shape index (κ3) is 5.27. The molecule has 6 rings (SSSR count). The highest BCUT2D eigenvalue weighted by atomic mass is 32.2. The number of sulfonamides is 1. The normalized spacial score (nSPS) is 20.5. The van der Waals surface area contributed by atoms with Gasteiger partial charge in [0.25, 0.3) is 0 Å². The maximum Gasteiger partial charge on any atom is 0.303 e. The summed E-state index contributed by atoms with van der Waals surface area (Å²) in [5.74, 6) is -1.34. The van der Waals surface area contributed by atoms with E-state index in [1.54, 1.807) is 23.2 Å². The first kappa shape index (κ1) is 28.3. The van der Waals surface area contributed by atoms with Crippen molar-refractivity contribution in [3.05, 3.63) is 63.3 Å². The van der Waals surface area contributed by atoms with E-state index in [1.807, 2.05) is 13.8 Å². The fourth-order valence-electron chi connectivity index (χ4n) is 5.42. The van der Waals surface area contributed by atoms with Crippen LogP contribution in [0.4, 0.5) is 10.2 Å². The largest absolute Gasteiger partial charge is 0.501 e. The van der Waals surface area contributed by atoms with E-state index in [0.29, 0.717) is 25.9 Å². The number of aromatic nitrogens is 4. The molecule has 0 saturated carbocycles. The highest BCUT2D eigenvalue weighted by Crippen LogP contribution is 2.32. The molecule has 12 nitrogen and oxygen atoms in total. The summed E-state index contributed by atoms with van der Waals surface area (Å²) in [6, 6.07) is 6.06. The second-order valence-electron chi connectivity index (χ2n) is 10.6. The number of carbonyl (C=O) groups excluding carboxylic acids is 1. The molecular formula is C27H29FN6O6S2. The van der Waals surface area contributed by atoms with E-state index < -0.39 is 21.3 Å². The lowest BCUT2D eigenvalue weighted by Gasteiger charge is -2.35. The summed E-state index contributed by atoms with van der Waals surface area (Å²) in [5.41, 5.74) is -0.0938. The number of benzene rings is 1. The monoisotopic (exact) mass is 616 g/mol. The van der Waals surface area contributed by atoms with Gasteiger partial charge in [-0.1, -0.05) is 12.1 Å². The van der Waals surface area contributed by atoms with Crippen LogP contribution in [0.25, 0.3) is 16.5 Å². The van der Waals surface area contributed by atoms with E-state index in [0.717, 1.165) is 19.1 Å². The molecule has 2 fully saturated rings. The Balaban J connectivity index is 1.42. The van der Waals surface area contributed by atoms with Gasteiger partial charge in [-0.25, -0.2) is 27.2 Å². The zero-order chi connectivity index (χ0) is 29.8. The summed E-state index contributed by atoms with van der Waals surface area (Å²) < 4.78 is 48.3. The second-order valence-corrected chi connectivity index (χ2v) is 13.7. The third-order valence-corrected chi connectivity index (χ3v) is 10.1. The van der Waals surface area contributed by atoms with Crippen LogP contribution in [0.1, 0.15) is 30.7 Å². The van der Waals surface area contributed by atoms with Gasteiger partial charge < -0.3 is 19.3 Å². The van der Waals surface area contributed by atoms with Crippen molar-refractivity contribution in [1.29, 1.82) is 0 Å². The number of anilines is 1. The average Bonchev–Trinajstić information content (AvgIpc) is 3.63. The highest BCUT2D eigenvalue weighted by Gasteiger charge is 2.34. The number of nitrogens with zero attached hydrogens (tertiary/aromatic N) is 6. The van der Waals surface area contributed by atoms with Crippen molar-refractivity contribution in [3.8, 4) is 16.5 Å². The van der Waals surface area contributed by atoms with Crippen LogP contribution in [0.5, 0.6) is 5.75 Å². The van der Waals surface area contributed by atoms with Gasteiger partial charge in [0.05, 0.1) is 24.2 Å². The molecule has 2 aliphatic rings. The molecule has 0 spiro atoms. The number of amides is 1. The number of imidazole rings is 1. The van der Waals surface area contributed by atoms with E-state index in [1.165, 1.54) is 34.2 Å². The first-order valence-corrected chi connectivity index (χ1v) is 15.9. The molecule has 0 aliphatic carbocycles. The molecule has 1 aromatic carbocycles. The SMILES string of the molecule is CC1CN(C(=O)Cn2cc(N3CCCS3(=O)=O)n3c(=O)c(O)c(-c4ncc(Cc5ccc(F)cc5)s4)nc23)CC(C)O1. The molecule has 42 heavy (non-hydrogen) atoms. The van der Waals surface area contributed by atoms with E-state index in [-0.39, 0.29) is 65.1 Å². The summed E-state index contributed by atoms with van der Waals surface area (Å²) in [5, 5.41) is 11.3. The molecule has 2 atom stereocenters. The van der Waals surface area contributed by atoms with Gasteiger partial charge in [0.1, 0.15) is 23.2 Å². The van der Waals surface area contributed by atoms with E-state index in [9.17, 15) is 27.5 Å². The van der Waals surface area contributed by atoms with Crippen LogP contribution in [0, 0.1) is 5.82 Å². The van der Waals surface area contributed by atoms with Gasteiger partial charge >= 0.3 is 5.56 Å². The van der Waals surface area contributed by atoms with Crippen molar-refractivity contribution in [2.75, 3.05) is 29.7 Å². The molecule has 222 valence electrons. The zero-order valence-electron chi connectivity index (χ0n) is 22.9. The van der Waals surface area contributed by atoms with Crippen molar-refractivity contribution in [1.82, 2.24) is 23.8 Å². The number of hydrogen-bond donors (Lipinski definition) is 1. The predicted octanol–water partition coefficient (Wildman–Crippen LogP) is 2.23. The Bertz CT molecular complexity index is 1820. The van der Waals surface area contributed by atoms with Gasteiger partial charge in [0.2, 0.25) is 27.5 Å². The fourth-order valence-corrected chi connectivity index (χ4v) is 7.90. The van der Waals surface area contributed by atoms with Gasteiger partial charge in [-0.05, 0) is 38.0 Å². The van der Waals surface area contributed by atoms with E-state index >= 15 is 0 Å². The molecule has 5 heterocycles. The number of thiazole rings is 1.